The van der Waals surface area contributed by atoms with Gasteiger partial charge in [0.1, 0.15) is 0 Å². The number of benzene rings is 7. The number of hydrogen-bond donors (Lipinski definition) is 0. The molecule has 0 amide bonds. The SMILES string of the molecule is CC1=C(/C=C\CC2(C)C=c3ccc4ccc(-c5ccc(-c6cc7c(cc6C)-c6ccccc6C7(C)C)cc5)c5ccc(c3c45)C2)c2ccccc2C1(C)C. The lowest BCUT2D eigenvalue weighted by atomic mass is 9.74. The molecule has 0 heteroatoms. The van der Waals surface area contributed by atoms with Gasteiger partial charge in [0.15, 0.2) is 0 Å². The average Bonchev–Trinajstić information content (AvgIpc) is 3.51. The zero-order valence-electron chi connectivity index (χ0n) is 32.7. The number of aryl methyl sites for hydroxylation is 1. The summed E-state index contributed by atoms with van der Waals surface area (Å²) in [5.41, 5.74) is 19.4. The minimum atomic E-state index is -0.00818. The van der Waals surface area contributed by atoms with E-state index >= 15 is 0 Å². The fourth-order valence-electron chi connectivity index (χ4n) is 10.4. The maximum atomic E-state index is 2.56. The average molecular weight is 697 g/mol. The van der Waals surface area contributed by atoms with Crippen LogP contribution in [0.1, 0.15) is 81.3 Å². The molecule has 0 aromatic heterocycles. The van der Waals surface area contributed by atoms with E-state index in [1.54, 1.807) is 0 Å². The van der Waals surface area contributed by atoms with Gasteiger partial charge in [0.05, 0.1) is 0 Å². The number of allylic oxidation sites excluding steroid dienone is 4. The van der Waals surface area contributed by atoms with Crippen LogP contribution in [-0.2, 0) is 17.3 Å². The first-order valence-electron chi connectivity index (χ1n) is 19.8. The number of rotatable bonds is 5. The summed E-state index contributed by atoms with van der Waals surface area (Å²) in [6.07, 6.45) is 9.45. The van der Waals surface area contributed by atoms with Crippen molar-refractivity contribution in [1.29, 1.82) is 0 Å². The molecule has 0 heterocycles. The van der Waals surface area contributed by atoms with E-state index in [1.165, 1.54) is 105 Å². The molecule has 264 valence electrons. The van der Waals surface area contributed by atoms with Crippen LogP contribution in [0, 0.1) is 12.3 Å². The van der Waals surface area contributed by atoms with Crippen LogP contribution in [-0.4, -0.2) is 0 Å². The molecular formula is C54H48. The summed E-state index contributed by atoms with van der Waals surface area (Å²) in [5.74, 6) is 0. The third kappa shape index (κ3) is 4.75. The van der Waals surface area contributed by atoms with Gasteiger partial charge in [0, 0.05) is 10.8 Å². The van der Waals surface area contributed by atoms with Crippen LogP contribution < -0.4 is 5.22 Å². The highest BCUT2D eigenvalue weighted by atomic mass is 14.4. The van der Waals surface area contributed by atoms with Gasteiger partial charge >= 0.3 is 0 Å². The Morgan fingerprint density at radius 3 is 1.98 bits per heavy atom. The predicted molar refractivity (Wildman–Crippen MR) is 232 cm³/mol. The fourth-order valence-corrected chi connectivity index (χ4v) is 10.4. The van der Waals surface area contributed by atoms with Crippen molar-refractivity contribution in [2.24, 2.45) is 5.41 Å². The third-order valence-corrected chi connectivity index (χ3v) is 13.7. The van der Waals surface area contributed by atoms with Crippen LogP contribution in [0.15, 0.2) is 139 Å². The van der Waals surface area contributed by atoms with Crippen molar-refractivity contribution in [1.82, 2.24) is 0 Å². The van der Waals surface area contributed by atoms with Crippen LogP contribution in [0.5, 0.6) is 0 Å². The molecule has 0 N–H and O–H groups in total. The molecule has 0 saturated carbocycles. The van der Waals surface area contributed by atoms with Gasteiger partial charge in [-0.25, -0.2) is 0 Å². The lowest BCUT2D eigenvalue weighted by Crippen LogP contribution is -2.25. The van der Waals surface area contributed by atoms with Crippen molar-refractivity contribution < 1.29 is 0 Å². The summed E-state index contributed by atoms with van der Waals surface area (Å²) in [4.78, 5) is 0. The van der Waals surface area contributed by atoms with Crippen LogP contribution in [0.3, 0.4) is 0 Å². The topological polar surface area (TPSA) is 0 Å². The second-order valence-electron chi connectivity index (χ2n) is 17.8. The Bertz CT molecular complexity index is 2830. The molecule has 7 aromatic carbocycles. The zero-order valence-corrected chi connectivity index (χ0v) is 32.7. The Morgan fingerprint density at radius 2 is 1.22 bits per heavy atom. The molecule has 3 aliphatic rings. The van der Waals surface area contributed by atoms with E-state index in [1.807, 2.05) is 0 Å². The van der Waals surface area contributed by atoms with Crippen molar-refractivity contribution in [2.45, 2.75) is 72.1 Å². The third-order valence-electron chi connectivity index (χ3n) is 13.7. The second kappa shape index (κ2) is 11.5. The lowest BCUT2D eigenvalue weighted by Gasteiger charge is -2.30. The zero-order chi connectivity index (χ0) is 37.1. The summed E-state index contributed by atoms with van der Waals surface area (Å²) in [6, 6.07) is 46.2. The van der Waals surface area contributed by atoms with E-state index < -0.39 is 0 Å². The van der Waals surface area contributed by atoms with Gasteiger partial charge in [-0.05, 0) is 137 Å². The maximum Gasteiger partial charge on any atom is 0.0159 e. The first-order chi connectivity index (χ1) is 25.9. The van der Waals surface area contributed by atoms with E-state index in [2.05, 4.69) is 188 Å². The normalized spacial score (nSPS) is 19.0. The van der Waals surface area contributed by atoms with Gasteiger partial charge < -0.3 is 0 Å². The maximum absolute atomic E-state index is 2.56. The van der Waals surface area contributed by atoms with Gasteiger partial charge in [0.25, 0.3) is 0 Å². The Kier molecular flexibility index (Phi) is 7.07. The molecule has 1 atom stereocenters. The highest BCUT2D eigenvalue weighted by Gasteiger charge is 2.36. The van der Waals surface area contributed by atoms with Gasteiger partial charge in [-0.2, -0.15) is 0 Å². The van der Waals surface area contributed by atoms with E-state index in [0.717, 1.165) is 12.8 Å². The molecule has 10 rings (SSSR count). The van der Waals surface area contributed by atoms with Crippen molar-refractivity contribution in [3.8, 4) is 33.4 Å². The van der Waals surface area contributed by atoms with Crippen molar-refractivity contribution in [3.05, 3.63) is 178 Å². The van der Waals surface area contributed by atoms with Crippen LogP contribution in [0.25, 0.3) is 66.6 Å². The Morgan fingerprint density at radius 1 is 0.556 bits per heavy atom. The van der Waals surface area contributed by atoms with E-state index in [9.17, 15) is 0 Å². The molecule has 7 aromatic rings. The molecule has 0 radical (unpaired) electrons. The minimum absolute atomic E-state index is 0.00818. The van der Waals surface area contributed by atoms with Crippen molar-refractivity contribution in [2.75, 3.05) is 0 Å². The Hall–Kier alpha value is -5.46. The first kappa shape index (κ1) is 33.1. The predicted octanol–water partition coefficient (Wildman–Crippen LogP) is 13.7. The van der Waals surface area contributed by atoms with Gasteiger partial charge in [0.2, 0.25) is 0 Å². The molecule has 0 saturated heterocycles. The van der Waals surface area contributed by atoms with Gasteiger partial charge in [-0.3, -0.25) is 0 Å². The van der Waals surface area contributed by atoms with Gasteiger partial charge in [-0.15, -0.1) is 0 Å². The summed E-state index contributed by atoms with van der Waals surface area (Å²) in [7, 11) is 0. The standard InChI is InChI=1S/C54H48/c1-33-29-46-43-14-9-11-17-48(43)53(5,6)49(46)30-45(33)36-20-18-35(19-21-36)41-26-24-37-22-23-38-31-54(7,32-39-25-27-44(41)51(37)50(38)39)28-12-15-40-34(2)52(3,4)47-16-10-8-13-42(40)47/h8-27,29-31H,28,32H2,1-7H3/b15-12-. The smallest absolute Gasteiger partial charge is 0.0159 e. The quantitative estimate of drug-likeness (QED) is 0.168. The van der Waals surface area contributed by atoms with Crippen LogP contribution in [0.2, 0.25) is 0 Å². The second-order valence-corrected chi connectivity index (χ2v) is 17.8. The van der Waals surface area contributed by atoms with Crippen molar-refractivity contribution in [3.63, 3.8) is 0 Å². The summed E-state index contributed by atoms with van der Waals surface area (Å²) in [5, 5.41) is 6.88. The van der Waals surface area contributed by atoms with Crippen molar-refractivity contribution >= 4 is 33.2 Å². The largest absolute Gasteiger partial charge is 0.0831 e. The summed E-state index contributed by atoms with van der Waals surface area (Å²) < 4.78 is 0. The Balaban J connectivity index is 0.985. The summed E-state index contributed by atoms with van der Waals surface area (Å²) >= 11 is 0. The minimum Gasteiger partial charge on any atom is -0.0831 e. The molecule has 54 heavy (non-hydrogen) atoms. The molecule has 0 spiro atoms. The van der Waals surface area contributed by atoms with Crippen LogP contribution >= 0.6 is 0 Å². The van der Waals surface area contributed by atoms with Gasteiger partial charge in [-0.1, -0.05) is 174 Å². The van der Waals surface area contributed by atoms with Crippen LogP contribution in [0.4, 0.5) is 0 Å². The molecule has 3 aliphatic carbocycles. The molecule has 1 unspecified atom stereocenters. The molecule has 0 nitrogen and oxygen atoms in total. The van der Waals surface area contributed by atoms with E-state index in [-0.39, 0.29) is 16.2 Å². The first-order valence-corrected chi connectivity index (χ1v) is 19.8. The summed E-state index contributed by atoms with van der Waals surface area (Å²) in [6.45, 7) is 16.5. The molecule has 0 fully saturated rings. The monoisotopic (exact) mass is 696 g/mol. The Labute approximate surface area is 320 Å². The van der Waals surface area contributed by atoms with E-state index in [4.69, 9.17) is 0 Å². The van der Waals surface area contributed by atoms with E-state index in [0.29, 0.717) is 0 Å². The number of fused-ring (bicyclic) bond motifs is 4. The molecule has 0 aliphatic heterocycles. The molecular weight excluding hydrogens is 649 g/mol. The lowest BCUT2D eigenvalue weighted by molar-refractivity contribution is 0.462. The number of hydrogen-bond acceptors (Lipinski definition) is 0. The fraction of sp³-hybridized carbons (Fsp3) is 0.222. The highest BCUT2D eigenvalue weighted by molar-refractivity contribution is 6.16. The highest BCUT2D eigenvalue weighted by Crippen LogP contribution is 2.51. The molecule has 0 bridgehead atoms.